The second-order valence-corrected chi connectivity index (χ2v) is 9.46. The van der Waals surface area contributed by atoms with E-state index >= 15 is 0 Å². The maximum atomic E-state index is 12.8. The highest BCUT2D eigenvalue weighted by atomic mass is 32.2. The number of hydrogen-bond donors (Lipinski definition) is 0. The molecule has 0 aromatic rings. The van der Waals surface area contributed by atoms with Crippen molar-refractivity contribution in [1.82, 2.24) is 9.21 Å². The van der Waals surface area contributed by atoms with E-state index in [1.165, 1.54) is 25.7 Å². The zero-order chi connectivity index (χ0) is 15.7. The predicted molar refractivity (Wildman–Crippen MR) is 85.8 cm³/mol. The Morgan fingerprint density at radius 1 is 1.00 bits per heavy atom. The van der Waals surface area contributed by atoms with Crippen molar-refractivity contribution in [3.8, 4) is 0 Å². The fourth-order valence-corrected chi connectivity index (χ4v) is 4.43. The van der Waals surface area contributed by atoms with E-state index in [0.29, 0.717) is 25.9 Å². The quantitative estimate of drug-likeness (QED) is 0.715. The number of piperidine rings is 1. The molecule has 0 N–H and O–H groups in total. The minimum absolute atomic E-state index is 0.0285. The third kappa shape index (κ3) is 4.02. The molecule has 0 radical (unpaired) electrons. The molecule has 0 unspecified atom stereocenters. The molecule has 5 nitrogen and oxygen atoms in total. The molecule has 126 valence electrons. The van der Waals surface area contributed by atoms with Crippen molar-refractivity contribution in [3.63, 3.8) is 0 Å². The van der Waals surface area contributed by atoms with E-state index in [2.05, 4.69) is 4.90 Å². The van der Waals surface area contributed by atoms with Gasteiger partial charge in [-0.15, -0.1) is 0 Å². The minimum atomic E-state index is -3.10. The fraction of sp³-hybridized carbons (Fsp3) is 0.938. The fourth-order valence-electron chi connectivity index (χ4n) is 3.30. The van der Waals surface area contributed by atoms with Gasteiger partial charge in [0.05, 0.1) is 5.75 Å². The summed E-state index contributed by atoms with van der Waals surface area (Å²) in [4.78, 5) is 14.9. The molecule has 1 amide bonds. The van der Waals surface area contributed by atoms with Crippen molar-refractivity contribution < 1.29 is 13.2 Å². The van der Waals surface area contributed by atoms with Crippen LogP contribution < -0.4 is 0 Å². The number of rotatable bonds is 7. The molecule has 3 aliphatic rings. The van der Waals surface area contributed by atoms with E-state index in [1.807, 2.05) is 0 Å². The van der Waals surface area contributed by atoms with Crippen molar-refractivity contribution in [3.05, 3.63) is 0 Å². The monoisotopic (exact) mass is 328 g/mol. The van der Waals surface area contributed by atoms with Crippen LogP contribution in [0.4, 0.5) is 0 Å². The van der Waals surface area contributed by atoms with Gasteiger partial charge in [0.25, 0.3) is 0 Å². The molecule has 2 saturated carbocycles. The molecule has 1 saturated heterocycles. The lowest BCUT2D eigenvalue weighted by Crippen LogP contribution is -2.45. The molecular formula is C16H28N2O3S. The summed E-state index contributed by atoms with van der Waals surface area (Å²) in [6.45, 7) is 4.56. The summed E-state index contributed by atoms with van der Waals surface area (Å²) in [7, 11) is -3.10. The molecule has 1 heterocycles. The Morgan fingerprint density at radius 3 is 1.91 bits per heavy atom. The van der Waals surface area contributed by atoms with E-state index in [4.69, 9.17) is 0 Å². The highest BCUT2D eigenvalue weighted by molar-refractivity contribution is 7.89. The van der Waals surface area contributed by atoms with Gasteiger partial charge in [-0.3, -0.25) is 4.79 Å². The van der Waals surface area contributed by atoms with E-state index in [0.717, 1.165) is 24.9 Å². The van der Waals surface area contributed by atoms with Gasteiger partial charge in [0, 0.05) is 32.1 Å². The van der Waals surface area contributed by atoms with Gasteiger partial charge in [-0.1, -0.05) is 0 Å². The van der Waals surface area contributed by atoms with Crippen LogP contribution in [0.5, 0.6) is 0 Å². The highest BCUT2D eigenvalue weighted by Crippen LogP contribution is 2.35. The molecular weight excluding hydrogens is 300 g/mol. The Balaban J connectivity index is 1.55. The van der Waals surface area contributed by atoms with Crippen LogP contribution in [0, 0.1) is 17.8 Å². The molecule has 0 aromatic carbocycles. The Bertz CT molecular complexity index is 489. The van der Waals surface area contributed by atoms with Gasteiger partial charge >= 0.3 is 0 Å². The highest BCUT2D eigenvalue weighted by Gasteiger charge is 2.36. The Labute approximate surface area is 134 Å². The van der Waals surface area contributed by atoms with E-state index in [9.17, 15) is 13.2 Å². The molecule has 0 atom stereocenters. The Hall–Kier alpha value is -0.620. The van der Waals surface area contributed by atoms with Gasteiger partial charge < -0.3 is 4.90 Å². The molecule has 2 aliphatic carbocycles. The summed E-state index contributed by atoms with van der Waals surface area (Å²) in [6.07, 6.45) is 6.43. The molecule has 3 fully saturated rings. The summed E-state index contributed by atoms with van der Waals surface area (Å²) in [5.74, 6) is 1.92. The van der Waals surface area contributed by atoms with Crippen LogP contribution in [0.25, 0.3) is 0 Å². The number of nitrogens with zero attached hydrogens (tertiary/aromatic N) is 2. The zero-order valence-corrected chi connectivity index (χ0v) is 14.4. The first-order valence-electron chi connectivity index (χ1n) is 8.76. The summed E-state index contributed by atoms with van der Waals surface area (Å²) >= 11 is 0. The van der Waals surface area contributed by atoms with Crippen LogP contribution in [0.3, 0.4) is 0 Å². The SMILES string of the molecule is CCS(=O)(=O)N1CCC(C(=O)N(CC2CC2)CC2CC2)CC1. The van der Waals surface area contributed by atoms with Gasteiger partial charge in [0.2, 0.25) is 15.9 Å². The Morgan fingerprint density at radius 2 is 1.50 bits per heavy atom. The number of carbonyl (C=O) groups excluding carboxylic acids is 1. The Kier molecular flexibility index (Phi) is 4.78. The minimum Gasteiger partial charge on any atom is -0.342 e. The third-order valence-corrected chi connectivity index (χ3v) is 7.11. The van der Waals surface area contributed by atoms with Gasteiger partial charge in [-0.25, -0.2) is 12.7 Å². The van der Waals surface area contributed by atoms with Crippen LogP contribution >= 0.6 is 0 Å². The second-order valence-electron chi connectivity index (χ2n) is 7.20. The van der Waals surface area contributed by atoms with E-state index in [1.54, 1.807) is 11.2 Å². The first-order valence-corrected chi connectivity index (χ1v) is 10.4. The first kappa shape index (κ1) is 16.2. The summed E-state index contributed by atoms with van der Waals surface area (Å²) < 4.78 is 25.4. The van der Waals surface area contributed by atoms with E-state index < -0.39 is 10.0 Å². The lowest BCUT2D eigenvalue weighted by molar-refractivity contribution is -0.137. The number of amides is 1. The molecule has 0 spiro atoms. The van der Waals surface area contributed by atoms with Crippen LogP contribution in [0.15, 0.2) is 0 Å². The normalized spacial score (nSPS) is 24.4. The molecule has 0 aromatic heterocycles. The van der Waals surface area contributed by atoms with Gasteiger partial charge in [0.15, 0.2) is 0 Å². The molecule has 1 aliphatic heterocycles. The standard InChI is InChI=1S/C16H28N2O3S/c1-2-22(20,21)18-9-7-15(8-10-18)16(19)17(11-13-3-4-13)12-14-5-6-14/h13-15H,2-12H2,1H3. The maximum Gasteiger partial charge on any atom is 0.225 e. The van der Waals surface area contributed by atoms with Crippen LogP contribution in [0.2, 0.25) is 0 Å². The van der Waals surface area contributed by atoms with Crippen molar-refractivity contribution in [2.75, 3.05) is 31.9 Å². The van der Waals surface area contributed by atoms with Crippen LogP contribution in [-0.2, 0) is 14.8 Å². The smallest absolute Gasteiger partial charge is 0.225 e. The van der Waals surface area contributed by atoms with Crippen molar-refractivity contribution in [2.24, 2.45) is 17.8 Å². The number of hydrogen-bond acceptors (Lipinski definition) is 3. The molecule has 6 heteroatoms. The van der Waals surface area contributed by atoms with Crippen LogP contribution in [0.1, 0.15) is 45.4 Å². The molecule has 0 bridgehead atoms. The average Bonchev–Trinajstić information content (AvgIpc) is 3.42. The van der Waals surface area contributed by atoms with Gasteiger partial charge in [-0.05, 0) is 57.3 Å². The van der Waals surface area contributed by atoms with Crippen molar-refractivity contribution >= 4 is 15.9 Å². The number of carbonyl (C=O) groups is 1. The summed E-state index contributed by atoms with van der Waals surface area (Å²) in [5.41, 5.74) is 0. The molecule has 22 heavy (non-hydrogen) atoms. The zero-order valence-electron chi connectivity index (χ0n) is 13.5. The lowest BCUT2D eigenvalue weighted by Gasteiger charge is -2.33. The first-order chi connectivity index (χ1) is 10.5. The maximum absolute atomic E-state index is 12.8. The number of sulfonamides is 1. The van der Waals surface area contributed by atoms with Crippen molar-refractivity contribution in [2.45, 2.75) is 45.4 Å². The van der Waals surface area contributed by atoms with Gasteiger partial charge in [0.1, 0.15) is 0 Å². The average molecular weight is 328 g/mol. The van der Waals surface area contributed by atoms with Crippen molar-refractivity contribution in [1.29, 1.82) is 0 Å². The van der Waals surface area contributed by atoms with Crippen LogP contribution in [-0.4, -0.2) is 55.5 Å². The second kappa shape index (κ2) is 6.48. The summed E-state index contributed by atoms with van der Waals surface area (Å²) in [6, 6.07) is 0. The summed E-state index contributed by atoms with van der Waals surface area (Å²) in [5, 5.41) is 0. The topological polar surface area (TPSA) is 57.7 Å². The predicted octanol–water partition coefficient (Wildman–Crippen LogP) is 1.70. The lowest BCUT2D eigenvalue weighted by atomic mass is 9.96. The largest absolute Gasteiger partial charge is 0.342 e. The van der Waals surface area contributed by atoms with Gasteiger partial charge in [-0.2, -0.15) is 0 Å². The molecule has 3 rings (SSSR count). The third-order valence-electron chi connectivity index (χ3n) is 5.22. The van der Waals surface area contributed by atoms with E-state index in [-0.39, 0.29) is 17.6 Å².